The third kappa shape index (κ3) is 5.44. The number of imidazole rings is 1. The Bertz CT molecular complexity index is 2120. The molecular formula is C37H36F3N5O3. The Morgan fingerprint density at radius 3 is 2.38 bits per heavy atom. The van der Waals surface area contributed by atoms with E-state index in [9.17, 15) is 27.9 Å². The Labute approximate surface area is 275 Å². The molecule has 0 saturated heterocycles. The van der Waals surface area contributed by atoms with Gasteiger partial charge >= 0.3 is 5.97 Å². The van der Waals surface area contributed by atoms with E-state index in [1.54, 1.807) is 25.1 Å². The maximum absolute atomic E-state index is 14.2. The molecule has 48 heavy (non-hydrogen) atoms. The van der Waals surface area contributed by atoms with Crippen LogP contribution in [0.15, 0.2) is 60.3 Å². The Morgan fingerprint density at radius 2 is 1.73 bits per heavy atom. The largest absolute Gasteiger partial charge is 0.478 e. The number of rotatable bonds is 7. The number of nitrogens with one attached hydrogen (secondary N) is 1. The van der Waals surface area contributed by atoms with Gasteiger partial charge in [-0.25, -0.2) is 22.9 Å². The fraction of sp³-hybridized carbons (Fsp3) is 0.351. The topological polar surface area (TPSA) is 102 Å². The highest BCUT2D eigenvalue weighted by atomic mass is 19.3. The first-order valence-electron chi connectivity index (χ1n) is 16.2. The van der Waals surface area contributed by atoms with Crippen LogP contribution < -0.4 is 5.32 Å². The molecule has 0 spiro atoms. The van der Waals surface area contributed by atoms with E-state index in [1.165, 1.54) is 6.07 Å². The van der Waals surface area contributed by atoms with E-state index in [4.69, 9.17) is 4.98 Å². The van der Waals surface area contributed by atoms with Crippen molar-refractivity contribution in [2.45, 2.75) is 69.2 Å². The van der Waals surface area contributed by atoms with Gasteiger partial charge in [0.25, 0.3) is 5.91 Å². The number of hydrogen-bond acceptors (Lipinski definition) is 4. The van der Waals surface area contributed by atoms with Gasteiger partial charge in [0.2, 0.25) is 5.92 Å². The van der Waals surface area contributed by atoms with Crippen molar-refractivity contribution in [2.75, 3.05) is 0 Å². The van der Waals surface area contributed by atoms with Crippen molar-refractivity contribution in [3.63, 3.8) is 0 Å². The number of aromatic nitrogens is 4. The summed E-state index contributed by atoms with van der Waals surface area (Å²) in [6, 6.07) is 14.0. The van der Waals surface area contributed by atoms with Crippen LogP contribution in [0.2, 0.25) is 0 Å². The van der Waals surface area contributed by atoms with Gasteiger partial charge in [-0.1, -0.05) is 12.1 Å². The minimum atomic E-state index is -2.68. The third-order valence-electron chi connectivity index (χ3n) is 10.2. The summed E-state index contributed by atoms with van der Waals surface area (Å²) in [5.74, 6) is -3.79. The van der Waals surface area contributed by atoms with Crippen LogP contribution in [0.5, 0.6) is 0 Å². The summed E-state index contributed by atoms with van der Waals surface area (Å²) in [4.78, 5) is 34.6. The number of hydrogen-bond donors (Lipinski definition) is 2. The van der Waals surface area contributed by atoms with E-state index in [0.717, 1.165) is 57.2 Å². The molecule has 0 unspecified atom stereocenters. The van der Waals surface area contributed by atoms with Crippen molar-refractivity contribution in [3.8, 4) is 11.4 Å². The Hall–Kier alpha value is -4.93. The molecule has 0 atom stereocenters. The third-order valence-corrected chi connectivity index (χ3v) is 10.2. The molecule has 0 radical (unpaired) electrons. The molecule has 11 heteroatoms. The zero-order valence-corrected chi connectivity index (χ0v) is 27.0. The zero-order chi connectivity index (χ0) is 34.0. The standard InChI is InChI=1S/C37H36F3N5O3/c1-21(34(47)48)17-22-5-9-27-30(18-22)45(3)35(42-27)36(13-4-14-36)43-33(46)24-6-8-26-29(19-24)44(2)32(28-10-7-25(38)20-41-28)31(26)23-11-15-37(39,40)16-12-23/h5-10,17-20,23H,4,11-16H2,1-3H3,(H,43,46)(H,47,48). The number of carboxylic acid groups (broad SMARTS) is 1. The van der Waals surface area contributed by atoms with E-state index in [1.807, 2.05) is 53.6 Å². The highest BCUT2D eigenvalue weighted by molar-refractivity contribution is 6.01. The number of carbonyl (C=O) groups is 2. The second-order valence-corrected chi connectivity index (χ2v) is 13.3. The van der Waals surface area contributed by atoms with Crippen LogP contribution in [0.25, 0.3) is 39.4 Å². The summed E-state index contributed by atoms with van der Waals surface area (Å²) >= 11 is 0. The van der Waals surface area contributed by atoms with Gasteiger partial charge in [0.1, 0.15) is 11.6 Å². The minimum Gasteiger partial charge on any atom is -0.478 e. The number of alkyl halides is 2. The van der Waals surface area contributed by atoms with E-state index in [2.05, 4.69) is 10.3 Å². The number of amides is 1. The molecule has 3 aromatic heterocycles. The quantitative estimate of drug-likeness (QED) is 0.174. The van der Waals surface area contributed by atoms with Gasteiger partial charge in [0, 0.05) is 49.0 Å². The molecule has 2 aromatic carbocycles. The highest BCUT2D eigenvalue weighted by Gasteiger charge is 2.44. The summed E-state index contributed by atoms with van der Waals surface area (Å²) in [7, 11) is 3.76. The molecule has 7 rings (SSSR count). The molecule has 3 heterocycles. The molecule has 2 saturated carbocycles. The fourth-order valence-corrected chi connectivity index (χ4v) is 7.44. The summed E-state index contributed by atoms with van der Waals surface area (Å²) in [6.07, 6.45) is 5.35. The monoisotopic (exact) mass is 655 g/mol. The van der Waals surface area contributed by atoms with Gasteiger partial charge in [0.05, 0.1) is 34.2 Å². The number of aliphatic carboxylic acids is 1. The van der Waals surface area contributed by atoms with Gasteiger partial charge in [0.15, 0.2) is 0 Å². The van der Waals surface area contributed by atoms with Crippen molar-refractivity contribution in [1.29, 1.82) is 0 Å². The van der Waals surface area contributed by atoms with Crippen LogP contribution in [-0.4, -0.2) is 42.0 Å². The molecule has 5 aromatic rings. The van der Waals surface area contributed by atoms with Crippen LogP contribution in [0.3, 0.4) is 0 Å². The van der Waals surface area contributed by atoms with Gasteiger partial charge < -0.3 is 19.6 Å². The van der Waals surface area contributed by atoms with E-state index in [0.29, 0.717) is 36.9 Å². The first kappa shape index (κ1) is 31.7. The number of fused-ring (bicyclic) bond motifs is 2. The number of benzene rings is 2. The predicted molar refractivity (Wildman–Crippen MR) is 177 cm³/mol. The van der Waals surface area contributed by atoms with Crippen LogP contribution in [-0.2, 0) is 24.4 Å². The SMILES string of the molecule is CC(=Cc1ccc2nc(C3(NC(=O)c4ccc5c(C6CCC(F)(F)CC6)c(-c6ccc(F)cn6)n(C)c5c4)CCC3)n(C)c2c1)C(=O)O. The second-order valence-electron chi connectivity index (χ2n) is 13.3. The van der Waals surface area contributed by atoms with Gasteiger partial charge in [-0.2, -0.15) is 0 Å². The lowest BCUT2D eigenvalue weighted by Crippen LogP contribution is -2.52. The maximum atomic E-state index is 14.2. The van der Waals surface area contributed by atoms with E-state index < -0.39 is 23.2 Å². The number of nitrogens with zero attached hydrogens (tertiary/aromatic N) is 4. The molecule has 0 aliphatic heterocycles. The van der Waals surface area contributed by atoms with Crippen molar-refractivity contribution in [1.82, 2.24) is 24.4 Å². The lowest BCUT2D eigenvalue weighted by atomic mass is 9.75. The molecule has 248 valence electrons. The molecule has 1 amide bonds. The summed E-state index contributed by atoms with van der Waals surface area (Å²) in [5, 5.41) is 13.4. The lowest BCUT2D eigenvalue weighted by molar-refractivity contribution is -0.132. The van der Waals surface area contributed by atoms with Crippen LogP contribution >= 0.6 is 0 Å². The Kier molecular flexibility index (Phi) is 7.68. The van der Waals surface area contributed by atoms with Crippen LogP contribution in [0.4, 0.5) is 13.2 Å². The number of aryl methyl sites for hydroxylation is 2. The number of pyridine rings is 1. The molecule has 8 nitrogen and oxygen atoms in total. The highest BCUT2D eigenvalue weighted by Crippen LogP contribution is 2.47. The first-order valence-corrected chi connectivity index (χ1v) is 16.2. The Balaban J connectivity index is 1.24. The molecule has 2 aliphatic rings. The maximum Gasteiger partial charge on any atom is 0.331 e. The zero-order valence-electron chi connectivity index (χ0n) is 27.0. The minimum absolute atomic E-state index is 0.130. The number of halogens is 3. The normalized spacial score (nSPS) is 17.8. The van der Waals surface area contributed by atoms with Crippen LogP contribution in [0, 0.1) is 5.82 Å². The Morgan fingerprint density at radius 1 is 0.979 bits per heavy atom. The fourth-order valence-electron chi connectivity index (χ4n) is 7.44. The second kappa shape index (κ2) is 11.6. The lowest BCUT2D eigenvalue weighted by Gasteiger charge is -2.41. The number of carboxylic acids is 1. The average Bonchev–Trinajstić information content (AvgIpc) is 3.52. The van der Waals surface area contributed by atoms with E-state index in [-0.39, 0.29) is 30.2 Å². The van der Waals surface area contributed by atoms with Crippen molar-refractivity contribution in [2.24, 2.45) is 14.1 Å². The molecule has 2 N–H and O–H groups in total. The van der Waals surface area contributed by atoms with Gasteiger partial charge in [-0.05, 0) is 98.5 Å². The molecule has 0 bridgehead atoms. The van der Waals surface area contributed by atoms with Gasteiger partial charge in [-0.15, -0.1) is 0 Å². The number of carbonyl (C=O) groups excluding carboxylic acids is 1. The first-order chi connectivity index (χ1) is 22.9. The smallest absolute Gasteiger partial charge is 0.331 e. The summed E-state index contributed by atoms with van der Waals surface area (Å²) in [6.45, 7) is 1.55. The summed E-state index contributed by atoms with van der Waals surface area (Å²) < 4.78 is 46.0. The average molecular weight is 656 g/mol. The molecule has 2 fully saturated rings. The molecular weight excluding hydrogens is 619 g/mol. The van der Waals surface area contributed by atoms with Crippen LogP contribution in [0.1, 0.15) is 85.1 Å². The predicted octanol–water partition coefficient (Wildman–Crippen LogP) is 7.86. The molecule has 2 aliphatic carbocycles. The van der Waals surface area contributed by atoms with Crippen molar-refractivity contribution >= 4 is 39.9 Å². The van der Waals surface area contributed by atoms with Crippen molar-refractivity contribution in [3.05, 3.63) is 88.6 Å². The van der Waals surface area contributed by atoms with E-state index >= 15 is 0 Å². The summed E-state index contributed by atoms with van der Waals surface area (Å²) in [5.41, 5.74) is 5.26. The van der Waals surface area contributed by atoms with Crippen molar-refractivity contribution < 1.29 is 27.9 Å². The van der Waals surface area contributed by atoms with Gasteiger partial charge in [-0.3, -0.25) is 9.78 Å².